The molecule has 0 N–H and O–H groups in total. The first kappa shape index (κ1) is 28.1. The Balaban J connectivity index is 1.49. The molecule has 5 nitrogen and oxygen atoms in total. The van der Waals surface area contributed by atoms with Gasteiger partial charge in [-0.3, -0.25) is 14.5 Å². The molecule has 0 aromatic heterocycles. The number of para-hydroxylation sites is 3. The Hall–Kier alpha value is -6.07. The van der Waals surface area contributed by atoms with Crippen molar-refractivity contribution >= 4 is 40.4 Å². The molecule has 5 heteroatoms. The molecule has 6 aromatic carbocycles. The second-order valence-corrected chi connectivity index (χ2v) is 10.0. The Morgan fingerprint density at radius 1 is 0.386 bits per heavy atom. The molecule has 0 saturated heterocycles. The number of nitrogens with zero attached hydrogens (tertiary/aromatic N) is 3. The number of rotatable bonds is 7. The van der Waals surface area contributed by atoms with Crippen LogP contribution in [0.15, 0.2) is 181 Å². The molecule has 0 spiro atoms. The highest BCUT2D eigenvalue weighted by molar-refractivity contribution is 6.29. The summed E-state index contributed by atoms with van der Waals surface area (Å²) < 4.78 is 0. The van der Waals surface area contributed by atoms with Crippen molar-refractivity contribution in [1.82, 2.24) is 0 Å². The van der Waals surface area contributed by atoms with E-state index < -0.39 is 5.91 Å². The molecule has 0 heterocycles. The molecular formula is C39H29N3O2. The van der Waals surface area contributed by atoms with Crippen molar-refractivity contribution in [2.45, 2.75) is 0 Å². The first-order valence-corrected chi connectivity index (χ1v) is 14.3. The lowest BCUT2D eigenvalue weighted by molar-refractivity contribution is 0.100. The molecule has 0 unspecified atom stereocenters. The largest absolute Gasteiger partial charge is 0.311 e. The lowest BCUT2D eigenvalue weighted by Gasteiger charge is -2.27. The number of aliphatic imine (C=N–C) groups is 1. The van der Waals surface area contributed by atoms with E-state index in [2.05, 4.69) is 34.2 Å². The van der Waals surface area contributed by atoms with Crippen LogP contribution in [0.25, 0.3) is 0 Å². The minimum atomic E-state index is -0.443. The highest BCUT2D eigenvalue weighted by atomic mass is 16.2. The molecule has 0 aliphatic rings. The van der Waals surface area contributed by atoms with Gasteiger partial charge in [0, 0.05) is 33.8 Å². The molecule has 0 saturated carbocycles. The van der Waals surface area contributed by atoms with Crippen molar-refractivity contribution in [3.63, 3.8) is 0 Å². The smallest absolute Gasteiger partial charge is 0.278 e. The van der Waals surface area contributed by atoms with Crippen LogP contribution < -0.4 is 9.80 Å². The van der Waals surface area contributed by atoms with Crippen LogP contribution >= 0.6 is 0 Å². The van der Waals surface area contributed by atoms with Crippen LogP contribution in [0.4, 0.5) is 22.7 Å². The van der Waals surface area contributed by atoms with E-state index in [1.54, 1.807) is 36.4 Å². The van der Waals surface area contributed by atoms with Crippen LogP contribution in [0.3, 0.4) is 0 Å². The van der Waals surface area contributed by atoms with E-state index in [0.29, 0.717) is 22.4 Å². The molecule has 212 valence electrons. The van der Waals surface area contributed by atoms with Gasteiger partial charge in [-0.15, -0.1) is 0 Å². The zero-order valence-electron chi connectivity index (χ0n) is 23.9. The Morgan fingerprint density at radius 2 is 0.773 bits per heavy atom. The van der Waals surface area contributed by atoms with Crippen LogP contribution in [0.2, 0.25) is 0 Å². The number of amidine groups is 1. The fourth-order valence-electron chi connectivity index (χ4n) is 4.97. The third kappa shape index (κ3) is 6.22. The van der Waals surface area contributed by atoms with Crippen molar-refractivity contribution < 1.29 is 9.59 Å². The fourth-order valence-corrected chi connectivity index (χ4v) is 4.97. The molecule has 0 bridgehead atoms. The number of carbonyl (C=O) groups is 2. The highest BCUT2D eigenvalue weighted by Gasteiger charge is 2.26. The first-order chi connectivity index (χ1) is 21.7. The van der Waals surface area contributed by atoms with Gasteiger partial charge in [0.1, 0.15) is 0 Å². The van der Waals surface area contributed by atoms with Gasteiger partial charge < -0.3 is 4.90 Å². The van der Waals surface area contributed by atoms with E-state index in [4.69, 9.17) is 0 Å². The maximum atomic E-state index is 14.1. The van der Waals surface area contributed by atoms with E-state index in [9.17, 15) is 9.59 Å². The molecule has 0 atom stereocenters. The standard InChI is InChI=1S/C39H29N3O2/c43-38(31-16-6-1-7-17-31)40-37(42(35-24-14-5-15-25-35)39(44)32-18-8-2-9-19-32)30-26-28-36(29-27-30)41(33-20-10-3-11-21-33)34-22-12-4-13-23-34/h1-29H. The summed E-state index contributed by atoms with van der Waals surface area (Å²) >= 11 is 0. The maximum absolute atomic E-state index is 14.1. The molecule has 0 aliphatic heterocycles. The lowest BCUT2D eigenvalue weighted by Crippen LogP contribution is -2.38. The van der Waals surface area contributed by atoms with Crippen molar-refractivity contribution in [3.8, 4) is 0 Å². The number of benzene rings is 6. The summed E-state index contributed by atoms with van der Waals surface area (Å²) in [4.78, 5) is 35.9. The van der Waals surface area contributed by atoms with Gasteiger partial charge in [0.25, 0.3) is 11.8 Å². The second kappa shape index (κ2) is 13.3. The van der Waals surface area contributed by atoms with E-state index in [1.165, 1.54) is 4.90 Å². The highest BCUT2D eigenvalue weighted by Crippen LogP contribution is 2.34. The van der Waals surface area contributed by atoms with Gasteiger partial charge in [-0.2, -0.15) is 4.99 Å². The third-order valence-corrected chi connectivity index (χ3v) is 7.09. The van der Waals surface area contributed by atoms with Gasteiger partial charge in [-0.05, 0) is 84.9 Å². The summed E-state index contributed by atoms with van der Waals surface area (Å²) in [5.41, 5.74) is 5.05. The van der Waals surface area contributed by atoms with Gasteiger partial charge in [-0.25, -0.2) is 0 Å². The number of amides is 2. The van der Waals surface area contributed by atoms with E-state index in [1.807, 2.05) is 115 Å². The molecular weight excluding hydrogens is 542 g/mol. The SMILES string of the molecule is O=C(N=C(c1ccc(N(c2ccccc2)c2ccccc2)cc1)N(C(=O)c1ccccc1)c1ccccc1)c1ccccc1. The zero-order chi connectivity index (χ0) is 30.1. The second-order valence-electron chi connectivity index (χ2n) is 10.0. The molecule has 44 heavy (non-hydrogen) atoms. The quantitative estimate of drug-likeness (QED) is 0.142. The lowest BCUT2D eigenvalue weighted by atomic mass is 10.1. The van der Waals surface area contributed by atoms with Gasteiger partial charge >= 0.3 is 0 Å². The molecule has 0 fully saturated rings. The fraction of sp³-hybridized carbons (Fsp3) is 0. The number of hydrogen-bond acceptors (Lipinski definition) is 3. The normalized spacial score (nSPS) is 11.0. The molecule has 6 aromatic rings. The van der Waals surface area contributed by atoms with Crippen molar-refractivity contribution in [2.75, 3.05) is 9.80 Å². The van der Waals surface area contributed by atoms with Gasteiger partial charge in [-0.1, -0.05) is 91.0 Å². The van der Waals surface area contributed by atoms with Crippen LogP contribution in [0.1, 0.15) is 26.3 Å². The summed E-state index contributed by atoms with van der Waals surface area (Å²) in [6.07, 6.45) is 0. The minimum absolute atomic E-state index is 0.233. The summed E-state index contributed by atoms with van der Waals surface area (Å²) in [5.74, 6) is -0.506. The minimum Gasteiger partial charge on any atom is -0.311 e. The molecule has 6 rings (SSSR count). The Morgan fingerprint density at radius 3 is 1.25 bits per heavy atom. The monoisotopic (exact) mass is 571 g/mol. The van der Waals surface area contributed by atoms with Crippen molar-refractivity contribution in [2.24, 2.45) is 4.99 Å². The number of carbonyl (C=O) groups excluding carboxylic acids is 2. The molecule has 0 radical (unpaired) electrons. The van der Waals surface area contributed by atoms with Crippen LogP contribution in [0, 0.1) is 0 Å². The van der Waals surface area contributed by atoms with Crippen LogP contribution in [0.5, 0.6) is 0 Å². The summed E-state index contributed by atoms with van der Waals surface area (Å²) in [6.45, 7) is 0. The molecule has 2 amide bonds. The Bertz CT molecular complexity index is 1820. The predicted molar refractivity (Wildman–Crippen MR) is 178 cm³/mol. The molecule has 0 aliphatic carbocycles. The van der Waals surface area contributed by atoms with Crippen LogP contribution in [-0.2, 0) is 0 Å². The number of anilines is 4. The van der Waals surface area contributed by atoms with E-state index in [0.717, 1.165) is 17.1 Å². The van der Waals surface area contributed by atoms with E-state index in [-0.39, 0.29) is 11.7 Å². The maximum Gasteiger partial charge on any atom is 0.278 e. The average molecular weight is 572 g/mol. The average Bonchev–Trinajstić information content (AvgIpc) is 3.10. The topological polar surface area (TPSA) is 53.0 Å². The summed E-state index contributed by atoms with van der Waals surface area (Å²) in [6, 6.07) is 55.2. The van der Waals surface area contributed by atoms with Crippen LogP contribution in [-0.4, -0.2) is 17.6 Å². The first-order valence-electron chi connectivity index (χ1n) is 14.3. The Kier molecular flexibility index (Phi) is 8.47. The summed E-state index contributed by atoms with van der Waals surface area (Å²) in [5, 5.41) is 0. The third-order valence-electron chi connectivity index (χ3n) is 7.09. The zero-order valence-corrected chi connectivity index (χ0v) is 23.9. The van der Waals surface area contributed by atoms with Gasteiger partial charge in [0.15, 0.2) is 5.84 Å². The summed E-state index contributed by atoms with van der Waals surface area (Å²) in [7, 11) is 0. The number of hydrogen-bond donors (Lipinski definition) is 0. The van der Waals surface area contributed by atoms with Crippen molar-refractivity contribution in [1.29, 1.82) is 0 Å². The van der Waals surface area contributed by atoms with E-state index >= 15 is 0 Å². The predicted octanol–water partition coefficient (Wildman–Crippen LogP) is 9.09. The van der Waals surface area contributed by atoms with Gasteiger partial charge in [0.2, 0.25) is 0 Å². The van der Waals surface area contributed by atoms with Crippen molar-refractivity contribution in [3.05, 3.63) is 193 Å². The van der Waals surface area contributed by atoms with Gasteiger partial charge in [0.05, 0.1) is 5.69 Å². The Labute approximate surface area is 257 Å².